The molecule has 0 aliphatic heterocycles. The van der Waals surface area contributed by atoms with Gasteiger partial charge < -0.3 is 5.32 Å². The zero-order chi connectivity index (χ0) is 13.0. The molecule has 0 spiro atoms. The van der Waals surface area contributed by atoms with Crippen LogP contribution in [0.2, 0.25) is 0 Å². The number of rotatable bonds is 4. The van der Waals surface area contributed by atoms with Crippen LogP contribution in [0.5, 0.6) is 0 Å². The number of nitro groups is 1. The topological polar surface area (TPSA) is 68.1 Å². The lowest BCUT2D eigenvalue weighted by Crippen LogP contribution is -2.32. The third-order valence-electron chi connectivity index (χ3n) is 3.77. The summed E-state index contributed by atoms with van der Waals surface area (Å²) < 4.78 is 0. The quantitative estimate of drug-likeness (QED) is 0.656. The van der Waals surface area contributed by atoms with Crippen LogP contribution in [0.1, 0.15) is 39.0 Å². The molecule has 1 fully saturated rings. The van der Waals surface area contributed by atoms with Crippen molar-refractivity contribution in [2.75, 3.05) is 5.32 Å². The molecule has 0 aromatic carbocycles. The van der Waals surface area contributed by atoms with Gasteiger partial charge in [0.05, 0.1) is 4.92 Å². The molecular weight excluding hydrogens is 230 g/mol. The molecule has 18 heavy (non-hydrogen) atoms. The fourth-order valence-corrected chi connectivity index (χ4v) is 2.74. The first-order chi connectivity index (χ1) is 8.72. The monoisotopic (exact) mass is 249 g/mol. The van der Waals surface area contributed by atoms with Crippen molar-refractivity contribution in [3.8, 4) is 0 Å². The van der Waals surface area contributed by atoms with E-state index in [1.165, 1.54) is 25.5 Å². The van der Waals surface area contributed by atoms with Crippen LogP contribution >= 0.6 is 0 Å². The SMILES string of the molecule is CCC1CCCCC1Nc1ccncc1[N+](=O)[O-]. The van der Waals surface area contributed by atoms with Gasteiger partial charge in [0.25, 0.3) is 0 Å². The Kier molecular flexibility index (Phi) is 4.12. The molecule has 1 saturated carbocycles. The minimum atomic E-state index is -0.376. The van der Waals surface area contributed by atoms with Gasteiger partial charge in [0.1, 0.15) is 11.9 Å². The van der Waals surface area contributed by atoms with E-state index >= 15 is 0 Å². The Bertz CT molecular complexity index is 422. The Morgan fingerprint density at radius 3 is 3.00 bits per heavy atom. The second-order valence-electron chi connectivity index (χ2n) is 4.85. The highest BCUT2D eigenvalue weighted by Crippen LogP contribution is 2.31. The van der Waals surface area contributed by atoms with Crippen LogP contribution < -0.4 is 5.32 Å². The first-order valence-corrected chi connectivity index (χ1v) is 6.57. The molecule has 1 aromatic rings. The third-order valence-corrected chi connectivity index (χ3v) is 3.77. The molecule has 1 aliphatic carbocycles. The first kappa shape index (κ1) is 12.8. The largest absolute Gasteiger partial charge is 0.376 e. The Morgan fingerprint density at radius 1 is 1.50 bits per heavy atom. The summed E-state index contributed by atoms with van der Waals surface area (Å²) in [5.41, 5.74) is 0.665. The number of aromatic nitrogens is 1. The van der Waals surface area contributed by atoms with Gasteiger partial charge in [-0.15, -0.1) is 0 Å². The van der Waals surface area contributed by atoms with Gasteiger partial charge >= 0.3 is 5.69 Å². The fourth-order valence-electron chi connectivity index (χ4n) is 2.74. The van der Waals surface area contributed by atoms with Crippen LogP contribution in [0.3, 0.4) is 0 Å². The standard InChI is InChI=1S/C13H19N3O2/c1-2-10-5-3-4-6-11(10)15-12-7-8-14-9-13(12)16(17)18/h7-11H,2-6H2,1H3,(H,14,15). The van der Waals surface area contributed by atoms with Gasteiger partial charge in [0, 0.05) is 12.2 Å². The number of pyridine rings is 1. The van der Waals surface area contributed by atoms with E-state index in [2.05, 4.69) is 17.2 Å². The molecule has 5 nitrogen and oxygen atoms in total. The predicted octanol–water partition coefficient (Wildman–Crippen LogP) is 3.37. The van der Waals surface area contributed by atoms with E-state index in [4.69, 9.17) is 0 Å². The molecule has 0 bridgehead atoms. The highest BCUT2D eigenvalue weighted by atomic mass is 16.6. The minimum absolute atomic E-state index is 0.0675. The second-order valence-corrected chi connectivity index (χ2v) is 4.85. The first-order valence-electron chi connectivity index (χ1n) is 6.57. The summed E-state index contributed by atoms with van der Waals surface area (Å²) in [7, 11) is 0. The molecule has 2 atom stereocenters. The average molecular weight is 249 g/mol. The lowest BCUT2D eigenvalue weighted by Gasteiger charge is -2.32. The zero-order valence-corrected chi connectivity index (χ0v) is 10.6. The predicted molar refractivity (Wildman–Crippen MR) is 70.6 cm³/mol. The van der Waals surface area contributed by atoms with Gasteiger partial charge in [-0.05, 0) is 24.8 Å². The summed E-state index contributed by atoms with van der Waals surface area (Å²) in [6, 6.07) is 2.05. The van der Waals surface area contributed by atoms with E-state index in [1.54, 1.807) is 12.3 Å². The molecule has 2 rings (SSSR count). The number of anilines is 1. The average Bonchev–Trinajstić information content (AvgIpc) is 2.40. The second kappa shape index (κ2) is 5.80. The van der Waals surface area contributed by atoms with E-state index in [-0.39, 0.29) is 10.6 Å². The van der Waals surface area contributed by atoms with E-state index < -0.39 is 0 Å². The van der Waals surface area contributed by atoms with E-state index in [0.29, 0.717) is 17.6 Å². The van der Waals surface area contributed by atoms with Gasteiger partial charge in [0.15, 0.2) is 0 Å². The Hall–Kier alpha value is -1.65. The highest BCUT2D eigenvalue weighted by molar-refractivity contribution is 5.60. The zero-order valence-electron chi connectivity index (χ0n) is 10.6. The maximum atomic E-state index is 10.9. The maximum absolute atomic E-state index is 10.9. The van der Waals surface area contributed by atoms with Crippen molar-refractivity contribution in [1.82, 2.24) is 4.98 Å². The molecule has 1 N–H and O–H groups in total. The molecule has 0 amide bonds. The van der Waals surface area contributed by atoms with Crippen LogP contribution in [0.15, 0.2) is 18.5 Å². The Morgan fingerprint density at radius 2 is 2.28 bits per heavy atom. The van der Waals surface area contributed by atoms with Crippen LogP contribution in [0.4, 0.5) is 11.4 Å². The summed E-state index contributed by atoms with van der Waals surface area (Å²) in [5, 5.41) is 14.3. The van der Waals surface area contributed by atoms with Crippen molar-refractivity contribution in [2.45, 2.75) is 45.1 Å². The number of nitrogens with zero attached hydrogens (tertiary/aromatic N) is 2. The maximum Gasteiger partial charge on any atom is 0.310 e. The molecule has 1 heterocycles. The van der Waals surface area contributed by atoms with E-state index in [0.717, 1.165) is 12.8 Å². The van der Waals surface area contributed by atoms with Crippen LogP contribution in [-0.2, 0) is 0 Å². The Balaban J connectivity index is 2.15. The summed E-state index contributed by atoms with van der Waals surface area (Å²) in [6.07, 6.45) is 8.81. The van der Waals surface area contributed by atoms with Gasteiger partial charge in [-0.1, -0.05) is 26.2 Å². The van der Waals surface area contributed by atoms with Crippen molar-refractivity contribution in [3.63, 3.8) is 0 Å². The van der Waals surface area contributed by atoms with Crippen molar-refractivity contribution < 1.29 is 4.92 Å². The normalized spacial score (nSPS) is 23.6. The molecule has 0 saturated heterocycles. The highest BCUT2D eigenvalue weighted by Gasteiger charge is 2.25. The minimum Gasteiger partial charge on any atom is -0.376 e. The van der Waals surface area contributed by atoms with Crippen molar-refractivity contribution in [2.24, 2.45) is 5.92 Å². The van der Waals surface area contributed by atoms with Crippen molar-refractivity contribution in [1.29, 1.82) is 0 Å². The lowest BCUT2D eigenvalue weighted by molar-refractivity contribution is -0.384. The lowest BCUT2D eigenvalue weighted by atomic mass is 9.83. The van der Waals surface area contributed by atoms with Gasteiger partial charge in [-0.3, -0.25) is 15.1 Å². The van der Waals surface area contributed by atoms with Crippen LogP contribution in [0.25, 0.3) is 0 Å². The van der Waals surface area contributed by atoms with Crippen molar-refractivity contribution >= 4 is 11.4 Å². The molecule has 98 valence electrons. The van der Waals surface area contributed by atoms with Crippen LogP contribution in [0, 0.1) is 16.0 Å². The molecule has 2 unspecified atom stereocenters. The summed E-state index contributed by atoms with van der Waals surface area (Å²) >= 11 is 0. The van der Waals surface area contributed by atoms with Crippen LogP contribution in [-0.4, -0.2) is 15.9 Å². The van der Waals surface area contributed by atoms with Gasteiger partial charge in [0.2, 0.25) is 0 Å². The summed E-state index contributed by atoms with van der Waals surface area (Å²) in [5.74, 6) is 0.617. The van der Waals surface area contributed by atoms with Crippen molar-refractivity contribution in [3.05, 3.63) is 28.6 Å². The summed E-state index contributed by atoms with van der Waals surface area (Å²) in [4.78, 5) is 14.4. The number of nitrogens with one attached hydrogen (secondary N) is 1. The third kappa shape index (κ3) is 2.78. The smallest absolute Gasteiger partial charge is 0.310 e. The van der Waals surface area contributed by atoms with E-state index in [9.17, 15) is 10.1 Å². The number of hydrogen-bond acceptors (Lipinski definition) is 4. The molecule has 5 heteroatoms. The molecular formula is C13H19N3O2. The molecule has 1 aliphatic rings. The molecule has 0 radical (unpaired) electrons. The Labute approximate surface area is 107 Å². The fraction of sp³-hybridized carbons (Fsp3) is 0.615. The number of hydrogen-bond donors (Lipinski definition) is 1. The van der Waals surface area contributed by atoms with Gasteiger partial charge in [-0.25, -0.2) is 0 Å². The molecule has 1 aromatic heterocycles. The summed E-state index contributed by atoms with van der Waals surface area (Å²) in [6.45, 7) is 2.19. The van der Waals surface area contributed by atoms with E-state index in [1.807, 2.05) is 0 Å². The van der Waals surface area contributed by atoms with Gasteiger partial charge in [-0.2, -0.15) is 0 Å².